The number of nitrogens with zero attached hydrogens (tertiary/aromatic N) is 3. The number of esters is 3. The fourth-order valence-corrected chi connectivity index (χ4v) is 2.40. The molecule has 1 amide bonds. The molecule has 0 aromatic rings. The summed E-state index contributed by atoms with van der Waals surface area (Å²) in [4.78, 5) is 48.0. The van der Waals surface area contributed by atoms with Crippen LogP contribution in [0.5, 0.6) is 0 Å². The van der Waals surface area contributed by atoms with Crippen LogP contribution < -0.4 is 10.9 Å². The van der Waals surface area contributed by atoms with Gasteiger partial charge in [0, 0.05) is 32.6 Å². The van der Waals surface area contributed by atoms with Crippen LogP contribution in [0.25, 0.3) is 10.4 Å². The topological polar surface area (TPSA) is 178 Å². The molecule has 1 heterocycles. The number of nitrogens with one attached hydrogen (secondary N) is 2. The monoisotopic (exact) mass is 387 g/mol. The van der Waals surface area contributed by atoms with Crippen molar-refractivity contribution in [2.24, 2.45) is 5.11 Å². The van der Waals surface area contributed by atoms with E-state index in [0.717, 1.165) is 13.8 Å². The van der Waals surface area contributed by atoms with Gasteiger partial charge in [-0.2, -0.15) is 0 Å². The summed E-state index contributed by atoms with van der Waals surface area (Å²) in [5.74, 6) is -2.54. The molecule has 0 bridgehead atoms. The summed E-state index contributed by atoms with van der Waals surface area (Å²) in [5, 5.41) is 3.53. The third-order valence-corrected chi connectivity index (χ3v) is 3.29. The van der Waals surface area contributed by atoms with Crippen LogP contribution in [0.2, 0.25) is 0 Å². The molecule has 27 heavy (non-hydrogen) atoms. The minimum atomic E-state index is -1.26. The maximum Gasteiger partial charge on any atom is 0.303 e. The molecule has 1 aliphatic heterocycles. The quantitative estimate of drug-likeness (QED) is 0.145. The van der Waals surface area contributed by atoms with Crippen LogP contribution in [0.15, 0.2) is 5.11 Å². The highest BCUT2D eigenvalue weighted by molar-refractivity contribution is 5.72. The van der Waals surface area contributed by atoms with Crippen molar-refractivity contribution < 1.29 is 38.1 Å². The van der Waals surface area contributed by atoms with Crippen molar-refractivity contribution in [3.63, 3.8) is 0 Å². The van der Waals surface area contributed by atoms with Crippen molar-refractivity contribution in [1.82, 2.24) is 10.9 Å². The maximum atomic E-state index is 11.5. The van der Waals surface area contributed by atoms with E-state index >= 15 is 0 Å². The molecule has 13 nitrogen and oxygen atoms in total. The Morgan fingerprint density at radius 2 is 1.63 bits per heavy atom. The predicted octanol–water partition coefficient (Wildman–Crippen LogP) is -0.543. The van der Waals surface area contributed by atoms with Gasteiger partial charge in [-0.05, 0) is 5.53 Å². The second kappa shape index (κ2) is 10.3. The lowest BCUT2D eigenvalue weighted by Gasteiger charge is -2.43. The molecule has 5 atom stereocenters. The summed E-state index contributed by atoms with van der Waals surface area (Å²) < 4.78 is 20.9. The number of hydrazine groups is 1. The van der Waals surface area contributed by atoms with Crippen LogP contribution in [0, 0.1) is 0 Å². The first-order valence-corrected chi connectivity index (χ1v) is 7.85. The second-order valence-electron chi connectivity index (χ2n) is 5.57. The molecule has 1 fully saturated rings. The van der Waals surface area contributed by atoms with Gasteiger partial charge in [0.15, 0.2) is 12.2 Å². The van der Waals surface area contributed by atoms with Gasteiger partial charge >= 0.3 is 17.9 Å². The fraction of sp³-hybridized carbons (Fsp3) is 0.714. The van der Waals surface area contributed by atoms with Crippen molar-refractivity contribution in [2.45, 2.75) is 58.3 Å². The van der Waals surface area contributed by atoms with E-state index in [1.54, 1.807) is 0 Å². The zero-order valence-corrected chi connectivity index (χ0v) is 15.2. The number of hydrogen-bond donors (Lipinski definition) is 2. The van der Waals surface area contributed by atoms with Gasteiger partial charge in [-0.3, -0.25) is 24.6 Å². The van der Waals surface area contributed by atoms with Gasteiger partial charge in [0.25, 0.3) is 0 Å². The van der Waals surface area contributed by atoms with Crippen LogP contribution in [0.3, 0.4) is 0 Å². The van der Waals surface area contributed by atoms with E-state index in [2.05, 4.69) is 20.9 Å². The Hall–Kier alpha value is -2.89. The smallest absolute Gasteiger partial charge is 0.303 e. The van der Waals surface area contributed by atoms with Crippen LogP contribution in [0.4, 0.5) is 0 Å². The van der Waals surface area contributed by atoms with Gasteiger partial charge in [-0.25, -0.2) is 5.43 Å². The minimum Gasteiger partial charge on any atom is -0.463 e. The summed E-state index contributed by atoms with van der Waals surface area (Å²) in [5.41, 5.74) is 13.6. The van der Waals surface area contributed by atoms with E-state index in [1.807, 2.05) is 0 Å². The summed E-state index contributed by atoms with van der Waals surface area (Å²) in [6, 6.07) is -1.20. The Morgan fingerprint density at radius 1 is 1.04 bits per heavy atom. The van der Waals surface area contributed by atoms with Crippen molar-refractivity contribution in [2.75, 3.05) is 6.61 Å². The molecule has 1 saturated heterocycles. The van der Waals surface area contributed by atoms with Gasteiger partial charge in [0.1, 0.15) is 25.0 Å². The number of hydrogen-bond acceptors (Lipinski definition) is 10. The van der Waals surface area contributed by atoms with Crippen LogP contribution in [0.1, 0.15) is 27.7 Å². The summed E-state index contributed by atoms with van der Waals surface area (Å²) in [6.07, 6.45) is -4.72. The lowest BCUT2D eigenvalue weighted by atomic mass is 9.96. The van der Waals surface area contributed by atoms with E-state index < -0.39 is 54.4 Å². The molecular weight excluding hydrogens is 366 g/mol. The highest BCUT2D eigenvalue weighted by Gasteiger charge is 2.50. The molecule has 0 aromatic carbocycles. The van der Waals surface area contributed by atoms with E-state index in [1.165, 1.54) is 13.8 Å². The Kier molecular flexibility index (Phi) is 8.45. The van der Waals surface area contributed by atoms with Gasteiger partial charge in [-0.1, -0.05) is 5.11 Å². The van der Waals surface area contributed by atoms with Gasteiger partial charge in [0.05, 0.1) is 0 Å². The van der Waals surface area contributed by atoms with E-state index in [4.69, 9.17) is 24.5 Å². The average Bonchev–Trinajstić information content (AvgIpc) is 2.54. The maximum absolute atomic E-state index is 11.5. The van der Waals surface area contributed by atoms with Crippen LogP contribution >= 0.6 is 0 Å². The second-order valence-corrected chi connectivity index (χ2v) is 5.57. The van der Waals surface area contributed by atoms with Crippen molar-refractivity contribution in [3.8, 4) is 0 Å². The van der Waals surface area contributed by atoms with Crippen LogP contribution in [-0.2, 0) is 38.1 Å². The lowest BCUT2D eigenvalue weighted by Crippen LogP contribution is -2.65. The van der Waals surface area contributed by atoms with Gasteiger partial charge in [-0.15, -0.1) is 0 Å². The number of carbonyl (C=O) groups is 4. The summed E-state index contributed by atoms with van der Waals surface area (Å²) >= 11 is 0. The lowest BCUT2D eigenvalue weighted by molar-refractivity contribution is -0.225. The molecule has 0 radical (unpaired) electrons. The third kappa shape index (κ3) is 7.09. The Morgan fingerprint density at radius 3 is 2.11 bits per heavy atom. The molecule has 0 saturated carbocycles. The zero-order valence-electron chi connectivity index (χ0n) is 15.2. The molecule has 0 aliphatic carbocycles. The molecule has 0 spiro atoms. The summed E-state index contributed by atoms with van der Waals surface area (Å²) in [7, 11) is 0. The number of rotatable bonds is 7. The number of azide groups is 1. The van der Waals surface area contributed by atoms with Gasteiger partial charge in [0.2, 0.25) is 5.91 Å². The molecule has 150 valence electrons. The number of amides is 1. The summed E-state index contributed by atoms with van der Waals surface area (Å²) in [6.45, 7) is 4.29. The Balaban J connectivity index is 3.24. The zero-order chi connectivity index (χ0) is 20.6. The predicted molar refractivity (Wildman–Crippen MR) is 86.3 cm³/mol. The first-order chi connectivity index (χ1) is 12.6. The van der Waals surface area contributed by atoms with Crippen molar-refractivity contribution in [3.05, 3.63) is 10.4 Å². The van der Waals surface area contributed by atoms with E-state index in [0.29, 0.717) is 0 Å². The molecule has 1 rings (SSSR count). The highest BCUT2D eigenvalue weighted by Crippen LogP contribution is 2.28. The van der Waals surface area contributed by atoms with Crippen molar-refractivity contribution in [1.29, 1.82) is 0 Å². The first kappa shape index (κ1) is 22.2. The van der Waals surface area contributed by atoms with Crippen LogP contribution in [-0.4, -0.2) is 61.0 Å². The molecule has 2 N–H and O–H groups in total. The first-order valence-electron chi connectivity index (χ1n) is 7.85. The average molecular weight is 387 g/mol. The fourth-order valence-electron chi connectivity index (χ4n) is 2.40. The number of carbonyl (C=O) groups excluding carboxylic acids is 4. The minimum absolute atomic E-state index is 0.341. The van der Waals surface area contributed by atoms with Gasteiger partial charge < -0.3 is 18.9 Å². The molecule has 0 aromatic heterocycles. The highest BCUT2D eigenvalue weighted by atomic mass is 16.6. The normalized spacial score (nSPS) is 26.9. The third-order valence-electron chi connectivity index (χ3n) is 3.29. The van der Waals surface area contributed by atoms with E-state index in [9.17, 15) is 19.2 Å². The Labute approximate surface area is 154 Å². The standard InChI is InChI=1S/C14H21N5O8/c1-6(20)16-18-14-11(17-19-15)13(26-9(4)23)12(25-8(3)22)10(27-14)5-24-7(2)21/h10-14,18H,5H2,1-4H3,(H,16,20)/t10-,11-,12+,13-,14+/m1/s1. The molecule has 1 aliphatic rings. The molecule has 0 unspecified atom stereocenters. The van der Waals surface area contributed by atoms with Crippen molar-refractivity contribution >= 4 is 23.8 Å². The SMILES string of the molecule is CC(=O)NN[C@H]1O[C@H](COC(C)=O)[C@H](OC(C)=O)[C@H](OC(C)=O)[C@H]1N=[N+]=[N-]. The number of ether oxygens (including phenoxy) is 4. The largest absolute Gasteiger partial charge is 0.463 e. The molecular formula is C14H21N5O8. The van der Waals surface area contributed by atoms with E-state index in [-0.39, 0.29) is 6.61 Å². The Bertz CT molecular complexity index is 635. The molecule has 13 heteroatoms.